The number of anilines is 1. The molecule has 0 radical (unpaired) electrons. The van der Waals surface area contributed by atoms with Crippen molar-refractivity contribution in [2.75, 3.05) is 11.1 Å². The van der Waals surface area contributed by atoms with E-state index in [1.165, 1.54) is 44.2 Å². The Labute approximate surface area is 145 Å². The molecule has 0 spiro atoms. The molecule has 1 aromatic heterocycles. The number of benzene rings is 1. The lowest BCUT2D eigenvalue weighted by Gasteiger charge is -2.14. The van der Waals surface area contributed by atoms with Crippen LogP contribution >= 0.6 is 0 Å². The van der Waals surface area contributed by atoms with Gasteiger partial charge in [0, 0.05) is 6.07 Å². The Morgan fingerprint density at radius 1 is 1.32 bits per heavy atom. The van der Waals surface area contributed by atoms with Crippen molar-refractivity contribution >= 4 is 27.5 Å². The summed E-state index contributed by atoms with van der Waals surface area (Å²) >= 11 is 0. The van der Waals surface area contributed by atoms with Gasteiger partial charge in [-0.3, -0.25) is 4.79 Å². The molecule has 134 valence electrons. The van der Waals surface area contributed by atoms with Crippen LogP contribution in [0.5, 0.6) is 0 Å². The van der Waals surface area contributed by atoms with Gasteiger partial charge >= 0.3 is 5.97 Å². The summed E-state index contributed by atoms with van der Waals surface area (Å²) in [6.07, 6.45) is -1.15. The first-order valence-electron chi connectivity index (χ1n) is 7.51. The molecule has 1 amide bonds. The Morgan fingerprint density at radius 3 is 2.60 bits per heavy atom. The number of ether oxygens (including phenoxy) is 1. The van der Waals surface area contributed by atoms with E-state index in [0.717, 1.165) is 0 Å². The lowest BCUT2D eigenvalue weighted by atomic mass is 10.2. The Balaban J connectivity index is 2.13. The molecule has 9 heteroatoms. The molecule has 0 saturated carbocycles. The third-order valence-electron chi connectivity index (χ3n) is 3.35. The van der Waals surface area contributed by atoms with Crippen molar-refractivity contribution in [1.29, 1.82) is 0 Å². The molecule has 0 bridgehead atoms. The van der Waals surface area contributed by atoms with Gasteiger partial charge in [-0.15, -0.1) is 0 Å². The summed E-state index contributed by atoms with van der Waals surface area (Å²) in [6.45, 7) is 4.52. The first kappa shape index (κ1) is 18.7. The van der Waals surface area contributed by atoms with Crippen molar-refractivity contribution in [2.45, 2.75) is 31.8 Å². The van der Waals surface area contributed by atoms with Gasteiger partial charge in [0.05, 0.1) is 16.2 Å². The number of carbonyl (C=O) groups excluding carboxylic acids is 2. The van der Waals surface area contributed by atoms with Crippen molar-refractivity contribution in [2.24, 2.45) is 0 Å². The number of rotatable bonds is 6. The van der Waals surface area contributed by atoms with Crippen molar-refractivity contribution in [3.05, 3.63) is 41.7 Å². The molecule has 1 N–H and O–H groups in total. The van der Waals surface area contributed by atoms with Crippen molar-refractivity contribution < 1.29 is 27.3 Å². The Bertz CT molecular complexity index is 888. The highest BCUT2D eigenvalue weighted by molar-refractivity contribution is 7.91. The number of nitrogens with zero attached hydrogens (tertiary/aromatic N) is 1. The summed E-state index contributed by atoms with van der Waals surface area (Å²) in [4.78, 5) is 24.2. The minimum atomic E-state index is -3.60. The maximum Gasteiger partial charge on any atom is 0.340 e. The van der Waals surface area contributed by atoms with E-state index in [9.17, 15) is 18.0 Å². The summed E-state index contributed by atoms with van der Waals surface area (Å²) in [5.74, 6) is -0.958. The zero-order valence-corrected chi connectivity index (χ0v) is 14.8. The van der Waals surface area contributed by atoms with Gasteiger partial charge in [0.1, 0.15) is 5.76 Å². The maximum atomic E-state index is 12.3. The van der Waals surface area contributed by atoms with E-state index in [-0.39, 0.29) is 22.0 Å². The summed E-state index contributed by atoms with van der Waals surface area (Å²) in [7, 11) is -3.60. The standard InChI is InChI=1S/C16H18N2O6S/c1-4-25(21,22)13-8-6-5-7-12(13)16(20)23-11(3)15(19)17-14-9-10(2)24-18-14/h5-9,11H,4H2,1-3H3,(H,17,18,19)/t11-/m0/s1. The first-order chi connectivity index (χ1) is 11.7. The highest BCUT2D eigenvalue weighted by atomic mass is 32.2. The van der Waals surface area contributed by atoms with Crippen LogP contribution in [0.2, 0.25) is 0 Å². The topological polar surface area (TPSA) is 116 Å². The second-order valence-electron chi connectivity index (χ2n) is 5.26. The number of sulfone groups is 1. The molecule has 2 rings (SSSR count). The van der Waals surface area contributed by atoms with Gasteiger partial charge in [-0.25, -0.2) is 13.2 Å². The molecular formula is C16H18N2O6S. The SMILES string of the molecule is CCS(=O)(=O)c1ccccc1C(=O)O[C@@H](C)C(=O)Nc1cc(C)on1. The molecular weight excluding hydrogens is 348 g/mol. The zero-order valence-electron chi connectivity index (χ0n) is 14.0. The fourth-order valence-corrected chi connectivity index (χ4v) is 3.08. The number of aromatic nitrogens is 1. The van der Waals surface area contributed by atoms with Crippen molar-refractivity contribution in [3.8, 4) is 0 Å². The smallest absolute Gasteiger partial charge is 0.340 e. The molecule has 0 aliphatic carbocycles. The number of nitrogens with one attached hydrogen (secondary N) is 1. The molecule has 25 heavy (non-hydrogen) atoms. The molecule has 1 aromatic carbocycles. The number of aryl methyl sites for hydroxylation is 1. The molecule has 2 aromatic rings. The van der Waals surface area contributed by atoms with Gasteiger partial charge in [0.25, 0.3) is 5.91 Å². The van der Waals surface area contributed by atoms with Gasteiger partial charge in [-0.05, 0) is 26.0 Å². The van der Waals surface area contributed by atoms with Crippen LogP contribution in [-0.4, -0.2) is 37.3 Å². The van der Waals surface area contributed by atoms with E-state index in [0.29, 0.717) is 5.76 Å². The molecule has 0 fully saturated rings. The molecule has 1 heterocycles. The van der Waals surface area contributed by atoms with Crippen molar-refractivity contribution in [1.82, 2.24) is 5.16 Å². The Kier molecular flexibility index (Phi) is 5.58. The van der Waals surface area contributed by atoms with Crippen LogP contribution < -0.4 is 5.32 Å². The van der Waals surface area contributed by atoms with Crippen molar-refractivity contribution in [3.63, 3.8) is 0 Å². The summed E-state index contributed by atoms with van der Waals surface area (Å²) < 4.78 is 34.1. The third kappa shape index (κ3) is 4.44. The molecule has 0 saturated heterocycles. The fraction of sp³-hybridized carbons (Fsp3) is 0.312. The quantitative estimate of drug-likeness (QED) is 0.777. The van der Waals surface area contributed by atoms with Crippen LogP contribution in [0.3, 0.4) is 0 Å². The van der Waals surface area contributed by atoms with Gasteiger partial charge in [0.2, 0.25) is 0 Å². The van der Waals surface area contributed by atoms with Crippen LogP contribution in [0.1, 0.15) is 30.0 Å². The van der Waals surface area contributed by atoms with E-state index in [2.05, 4.69) is 10.5 Å². The lowest BCUT2D eigenvalue weighted by Crippen LogP contribution is -2.30. The molecule has 0 aliphatic heterocycles. The normalized spacial score (nSPS) is 12.4. The van der Waals surface area contributed by atoms with Crippen LogP contribution in [-0.2, 0) is 19.4 Å². The third-order valence-corrected chi connectivity index (χ3v) is 5.14. The lowest BCUT2D eigenvalue weighted by molar-refractivity contribution is -0.123. The molecule has 0 unspecified atom stereocenters. The van der Waals surface area contributed by atoms with Crippen LogP contribution in [0.15, 0.2) is 39.8 Å². The molecule has 8 nitrogen and oxygen atoms in total. The fourth-order valence-electron chi connectivity index (χ4n) is 1.99. The van der Waals surface area contributed by atoms with Gasteiger partial charge in [-0.1, -0.05) is 24.2 Å². The zero-order chi connectivity index (χ0) is 18.6. The highest BCUT2D eigenvalue weighted by Gasteiger charge is 2.25. The summed E-state index contributed by atoms with van der Waals surface area (Å²) in [5.41, 5.74) is -0.110. The van der Waals surface area contributed by atoms with Gasteiger partial charge in [-0.2, -0.15) is 0 Å². The molecule has 1 atom stereocenters. The second kappa shape index (κ2) is 7.47. The summed E-state index contributed by atoms with van der Waals surface area (Å²) in [5, 5.41) is 6.04. The van der Waals surface area contributed by atoms with Crippen LogP contribution in [0.4, 0.5) is 5.82 Å². The Morgan fingerprint density at radius 2 is 2.00 bits per heavy atom. The average Bonchev–Trinajstić information content (AvgIpc) is 2.99. The predicted molar refractivity (Wildman–Crippen MR) is 88.9 cm³/mol. The van der Waals surface area contributed by atoms with Crippen LogP contribution in [0, 0.1) is 6.92 Å². The maximum absolute atomic E-state index is 12.3. The predicted octanol–water partition coefficient (Wildman–Crippen LogP) is 1.96. The van der Waals surface area contributed by atoms with E-state index in [4.69, 9.17) is 9.26 Å². The number of hydrogen-bond donors (Lipinski definition) is 1. The van der Waals surface area contributed by atoms with E-state index < -0.39 is 27.8 Å². The monoisotopic (exact) mass is 366 g/mol. The highest BCUT2D eigenvalue weighted by Crippen LogP contribution is 2.19. The van der Waals surface area contributed by atoms with E-state index >= 15 is 0 Å². The molecule has 0 aliphatic rings. The number of amides is 1. The van der Waals surface area contributed by atoms with E-state index in [1.807, 2.05) is 0 Å². The Hall–Kier alpha value is -2.68. The van der Waals surface area contributed by atoms with Crippen LogP contribution in [0.25, 0.3) is 0 Å². The minimum absolute atomic E-state index is 0.110. The average molecular weight is 366 g/mol. The minimum Gasteiger partial charge on any atom is -0.449 e. The van der Waals surface area contributed by atoms with Gasteiger partial charge < -0.3 is 14.6 Å². The largest absolute Gasteiger partial charge is 0.449 e. The number of carbonyl (C=O) groups is 2. The summed E-state index contributed by atoms with van der Waals surface area (Å²) in [6, 6.07) is 7.22. The number of esters is 1. The number of hydrogen-bond acceptors (Lipinski definition) is 7. The first-order valence-corrected chi connectivity index (χ1v) is 9.16. The second-order valence-corrected chi connectivity index (χ2v) is 7.51. The van der Waals surface area contributed by atoms with E-state index in [1.54, 1.807) is 6.92 Å². The van der Waals surface area contributed by atoms with Gasteiger partial charge in [0.15, 0.2) is 21.8 Å².